The molecule has 1 aromatic heterocycles. The monoisotopic (exact) mass is 378 g/mol. The molecule has 0 unspecified atom stereocenters. The average molecular weight is 379 g/mol. The van der Waals surface area contributed by atoms with E-state index in [4.69, 9.17) is 5.11 Å². The van der Waals surface area contributed by atoms with Gasteiger partial charge >= 0.3 is 5.97 Å². The van der Waals surface area contributed by atoms with E-state index in [0.717, 1.165) is 55.6 Å². The molecule has 0 bridgehead atoms. The molecular weight excluding hydrogens is 348 g/mol. The van der Waals surface area contributed by atoms with Crippen LogP contribution in [0.2, 0.25) is 0 Å². The van der Waals surface area contributed by atoms with E-state index in [1.54, 1.807) is 24.2 Å². The summed E-state index contributed by atoms with van der Waals surface area (Å²) in [6, 6.07) is 4.12. The number of pyridine rings is 1. The van der Waals surface area contributed by atoms with Gasteiger partial charge in [-0.15, -0.1) is 11.8 Å². The first-order chi connectivity index (χ1) is 12.7. The number of hydrogen-bond acceptors (Lipinski definition) is 5. The van der Waals surface area contributed by atoms with Crippen LogP contribution < -0.4 is 5.32 Å². The predicted octanol–water partition coefficient (Wildman–Crippen LogP) is 4.09. The molecule has 1 aromatic rings. The Labute approximate surface area is 160 Å². The molecular formula is C20H30N2O3S. The van der Waals surface area contributed by atoms with E-state index in [1.165, 1.54) is 0 Å². The van der Waals surface area contributed by atoms with Gasteiger partial charge in [-0.3, -0.25) is 9.78 Å². The summed E-state index contributed by atoms with van der Waals surface area (Å²) in [7, 11) is 0. The van der Waals surface area contributed by atoms with Gasteiger partial charge in [0.1, 0.15) is 6.29 Å². The number of carbonyl (C=O) groups excluding carboxylic acids is 1. The van der Waals surface area contributed by atoms with Crippen LogP contribution in [-0.4, -0.2) is 40.7 Å². The first-order valence-electron chi connectivity index (χ1n) is 9.29. The van der Waals surface area contributed by atoms with Crippen LogP contribution in [0.4, 0.5) is 0 Å². The second kappa shape index (κ2) is 15.6. The summed E-state index contributed by atoms with van der Waals surface area (Å²) in [5, 5.41) is 12.4. The SMILES string of the molecule is O=CCCCCC/C=C/CCN[C@@H](CCC(=O)O)CSc1ccncc1. The van der Waals surface area contributed by atoms with Gasteiger partial charge in [0.05, 0.1) is 0 Å². The number of nitrogens with zero attached hydrogens (tertiary/aromatic N) is 1. The van der Waals surface area contributed by atoms with Gasteiger partial charge < -0.3 is 15.2 Å². The lowest BCUT2D eigenvalue weighted by Gasteiger charge is -2.17. The van der Waals surface area contributed by atoms with Crippen LogP contribution in [0.1, 0.15) is 51.4 Å². The molecule has 2 N–H and O–H groups in total. The number of carboxylic acid groups (broad SMARTS) is 1. The molecule has 0 saturated carbocycles. The highest BCUT2D eigenvalue weighted by molar-refractivity contribution is 7.99. The molecule has 0 aliphatic rings. The summed E-state index contributed by atoms with van der Waals surface area (Å²) in [6.45, 7) is 0.850. The first-order valence-corrected chi connectivity index (χ1v) is 10.3. The van der Waals surface area contributed by atoms with Crippen molar-refractivity contribution in [3.63, 3.8) is 0 Å². The zero-order chi connectivity index (χ0) is 18.9. The molecule has 0 aliphatic heterocycles. The van der Waals surface area contributed by atoms with Crippen LogP contribution >= 0.6 is 11.8 Å². The number of thioether (sulfide) groups is 1. The number of nitrogens with one attached hydrogen (secondary N) is 1. The van der Waals surface area contributed by atoms with Gasteiger partial charge in [-0.25, -0.2) is 0 Å². The molecule has 0 fully saturated rings. The third-order valence-corrected chi connectivity index (χ3v) is 5.09. The van der Waals surface area contributed by atoms with Crippen molar-refractivity contribution in [1.29, 1.82) is 0 Å². The maximum absolute atomic E-state index is 10.8. The normalized spacial score (nSPS) is 12.3. The number of carbonyl (C=O) groups is 2. The van der Waals surface area contributed by atoms with Gasteiger partial charge in [0.25, 0.3) is 0 Å². The molecule has 1 atom stereocenters. The lowest BCUT2D eigenvalue weighted by molar-refractivity contribution is -0.137. The Hall–Kier alpha value is -1.66. The van der Waals surface area contributed by atoms with Crippen molar-refractivity contribution >= 4 is 24.0 Å². The summed E-state index contributed by atoms with van der Waals surface area (Å²) >= 11 is 1.72. The smallest absolute Gasteiger partial charge is 0.303 e. The standard InChI is InChI=1S/C20H30N2O3S/c23-16-8-6-4-2-1-3-5-7-13-22-18(9-10-20(24)25)17-26-19-11-14-21-15-12-19/h3,5,11-12,14-16,18,22H,1-2,4,6-10,13,17H2,(H,24,25)/b5-3+/t18-/m0/s1. The first kappa shape index (κ1) is 22.4. The quantitative estimate of drug-likeness (QED) is 0.195. The van der Waals surface area contributed by atoms with Gasteiger partial charge in [-0.2, -0.15) is 0 Å². The number of allylic oxidation sites excluding steroid dienone is 1. The van der Waals surface area contributed by atoms with Gasteiger partial charge in [0, 0.05) is 41.9 Å². The third kappa shape index (κ3) is 12.7. The van der Waals surface area contributed by atoms with Crippen LogP contribution in [0.25, 0.3) is 0 Å². The van der Waals surface area contributed by atoms with Gasteiger partial charge in [0.15, 0.2) is 0 Å². The molecule has 0 aliphatic carbocycles. The molecule has 144 valence electrons. The number of aromatic nitrogens is 1. The highest BCUT2D eigenvalue weighted by Gasteiger charge is 2.10. The predicted molar refractivity (Wildman–Crippen MR) is 107 cm³/mol. The summed E-state index contributed by atoms with van der Waals surface area (Å²) in [5.74, 6) is 0.0952. The minimum absolute atomic E-state index is 0.181. The number of unbranched alkanes of at least 4 members (excludes halogenated alkanes) is 4. The fourth-order valence-electron chi connectivity index (χ4n) is 2.45. The maximum Gasteiger partial charge on any atom is 0.303 e. The van der Waals surface area contributed by atoms with E-state index >= 15 is 0 Å². The minimum atomic E-state index is -0.750. The Morgan fingerprint density at radius 2 is 1.88 bits per heavy atom. The molecule has 5 nitrogen and oxygen atoms in total. The lowest BCUT2D eigenvalue weighted by Crippen LogP contribution is -2.32. The van der Waals surface area contributed by atoms with Gasteiger partial charge in [0.2, 0.25) is 0 Å². The molecule has 1 rings (SSSR count). The van der Waals surface area contributed by atoms with Crippen molar-refractivity contribution < 1.29 is 14.7 Å². The van der Waals surface area contributed by atoms with Gasteiger partial charge in [-0.05, 0) is 50.8 Å². The fourth-order valence-corrected chi connectivity index (χ4v) is 3.44. The number of hydrogen-bond donors (Lipinski definition) is 2. The fraction of sp³-hybridized carbons (Fsp3) is 0.550. The van der Waals surface area contributed by atoms with E-state index in [2.05, 4.69) is 22.5 Å². The van der Waals surface area contributed by atoms with Crippen molar-refractivity contribution in [2.75, 3.05) is 12.3 Å². The van der Waals surface area contributed by atoms with Crippen LogP contribution in [-0.2, 0) is 9.59 Å². The molecule has 6 heteroatoms. The molecule has 26 heavy (non-hydrogen) atoms. The Morgan fingerprint density at radius 1 is 1.15 bits per heavy atom. The molecule has 0 aromatic carbocycles. The second-order valence-electron chi connectivity index (χ2n) is 6.14. The average Bonchev–Trinajstić information content (AvgIpc) is 2.65. The van der Waals surface area contributed by atoms with Crippen LogP contribution in [0, 0.1) is 0 Å². The lowest BCUT2D eigenvalue weighted by atomic mass is 10.1. The van der Waals surface area contributed by atoms with E-state index < -0.39 is 5.97 Å². The van der Waals surface area contributed by atoms with Crippen molar-refractivity contribution in [1.82, 2.24) is 10.3 Å². The zero-order valence-electron chi connectivity index (χ0n) is 15.3. The molecule has 0 spiro atoms. The Bertz CT molecular complexity index is 523. The van der Waals surface area contributed by atoms with Crippen molar-refractivity contribution in [3.05, 3.63) is 36.7 Å². The number of rotatable bonds is 16. The maximum atomic E-state index is 10.8. The second-order valence-corrected chi connectivity index (χ2v) is 7.24. The van der Waals surface area contributed by atoms with Crippen LogP contribution in [0.15, 0.2) is 41.6 Å². The topological polar surface area (TPSA) is 79.3 Å². The molecule has 0 saturated heterocycles. The van der Waals surface area contributed by atoms with Crippen LogP contribution in [0.3, 0.4) is 0 Å². The summed E-state index contributed by atoms with van der Waals surface area (Å²) < 4.78 is 0. The molecule has 0 amide bonds. The Balaban J connectivity index is 2.20. The molecule has 0 radical (unpaired) electrons. The highest BCUT2D eigenvalue weighted by Crippen LogP contribution is 2.18. The third-order valence-electron chi connectivity index (χ3n) is 3.91. The zero-order valence-corrected chi connectivity index (χ0v) is 16.1. The minimum Gasteiger partial charge on any atom is -0.481 e. The van der Waals surface area contributed by atoms with Crippen molar-refractivity contribution in [2.24, 2.45) is 0 Å². The van der Waals surface area contributed by atoms with E-state index in [-0.39, 0.29) is 12.5 Å². The molecule has 1 heterocycles. The summed E-state index contributed by atoms with van der Waals surface area (Å²) in [4.78, 5) is 26.2. The number of aldehydes is 1. The summed E-state index contributed by atoms with van der Waals surface area (Å²) in [5.41, 5.74) is 0. The van der Waals surface area contributed by atoms with Crippen molar-refractivity contribution in [2.45, 2.75) is 62.3 Å². The van der Waals surface area contributed by atoms with Crippen LogP contribution in [0.5, 0.6) is 0 Å². The summed E-state index contributed by atoms with van der Waals surface area (Å²) in [6.07, 6.45) is 15.6. The Kier molecular flexibility index (Phi) is 13.4. The number of aliphatic carboxylic acids is 1. The van der Waals surface area contributed by atoms with Crippen molar-refractivity contribution in [3.8, 4) is 0 Å². The number of carboxylic acids is 1. The van der Waals surface area contributed by atoms with Gasteiger partial charge in [-0.1, -0.05) is 18.6 Å². The van der Waals surface area contributed by atoms with E-state index in [9.17, 15) is 9.59 Å². The van der Waals surface area contributed by atoms with E-state index in [0.29, 0.717) is 12.8 Å². The Morgan fingerprint density at radius 3 is 2.62 bits per heavy atom. The van der Waals surface area contributed by atoms with E-state index in [1.807, 2.05) is 12.1 Å². The largest absolute Gasteiger partial charge is 0.481 e. The highest BCUT2D eigenvalue weighted by atomic mass is 32.2.